The number of aryl methyl sites for hydroxylation is 3. The minimum Gasteiger partial charge on any atom is -0.348 e. The summed E-state index contributed by atoms with van der Waals surface area (Å²) in [6, 6.07) is 4.96. The Labute approximate surface area is 777 Å². The van der Waals surface area contributed by atoms with Gasteiger partial charge in [-0.05, 0) is 127 Å². The number of fused-ring (bicyclic) bond motifs is 5. The molecule has 5 atom stereocenters. The predicted octanol–water partition coefficient (Wildman–Crippen LogP) is 16.2. The van der Waals surface area contributed by atoms with Gasteiger partial charge in [0.2, 0.25) is 29.5 Å². The van der Waals surface area contributed by atoms with E-state index in [1.165, 1.54) is 76.2 Å². The van der Waals surface area contributed by atoms with Crippen LogP contribution in [0.4, 0.5) is 0 Å². The van der Waals surface area contributed by atoms with Crippen molar-refractivity contribution in [2.75, 3.05) is 69.8 Å². The predicted molar refractivity (Wildman–Crippen MR) is 463 cm³/mol. The maximum absolute atomic E-state index is 13.3. The molecule has 5 aromatic carbocycles. The van der Waals surface area contributed by atoms with Crippen molar-refractivity contribution in [2.45, 2.75) is 101 Å². The van der Waals surface area contributed by atoms with Crippen molar-refractivity contribution in [1.29, 1.82) is 0 Å². The van der Waals surface area contributed by atoms with Crippen LogP contribution in [0.15, 0.2) is 212 Å². The molecular formula is C95H105N15O5. The number of amides is 5. The molecule has 15 aromatic rings. The first-order valence-corrected chi connectivity index (χ1v) is 32.6. The molecule has 0 saturated heterocycles. The van der Waals surface area contributed by atoms with Crippen molar-refractivity contribution in [2.24, 2.45) is 0 Å². The number of hydrogen-bond donors (Lipinski definition) is 0. The van der Waals surface area contributed by atoms with E-state index in [1.807, 2.05) is 0 Å². The summed E-state index contributed by atoms with van der Waals surface area (Å²) in [6.07, 6.45) is -15.7. The molecular weight excluding hydrogens is 1430 g/mol. The second-order valence-electron chi connectivity index (χ2n) is 23.8. The third-order valence-corrected chi connectivity index (χ3v) is 15.4. The SMILES string of the molecule is [2H]c1c(C([2H])([2H])[2H])c([2H])n2c(C([2H])C(=O)N(C([2H])([2H])[2H])C([2H])([2H])[2H])c(-c3ccc(C([2H])([2H])[2H])cc3)nc2c1[2H].[2H]c1c(C([2H])([2H])[2H])c([2H])n2c(C([2H])C(=O)N(C([2H])([2H])[2H])C([2H])([2H])[2H])c(-c3ccc(C)cc3)nc2c1[2H].[2H]c1c(C)c([2H])n2c(C([2H])C(=O)N(C([2H])([2H])[2H])C([2H])([2H])[2H])c(-c3ccc(C([2H])([2H])[2H])cc3)nc2c1[2H].[2H]c1c([2H])c(-c2nc3c([2H])c([2H])c(C([2H])([2H])[2H])c([2H])n3c2C([2H])C(=O)N(C([2H])([2H])[2H])C([2H])([2H])[2H])c([2H])c([2H])c1C.[2H]c1c([2H])c(-c2nc3c([2H])c([2H])c(C)c([2H])n3c2C([2H])C(=O)N(C([2H])([2H])[2H])C([2H])([2H])[2H])c([2H])c([2H])c1C. The first kappa shape index (κ1) is 30.3. The zero-order valence-corrected chi connectivity index (χ0v) is 60.1. The largest absolute Gasteiger partial charge is 0.348 e. The Morgan fingerprint density at radius 1 is 0.261 bits per heavy atom. The van der Waals surface area contributed by atoms with E-state index in [2.05, 4.69) is 24.9 Å². The van der Waals surface area contributed by atoms with Gasteiger partial charge in [0, 0.05) is 197 Å². The molecule has 0 bridgehead atoms. The molecule has 0 aliphatic heterocycles. The van der Waals surface area contributed by atoms with E-state index < -0.39 is 409 Å². The summed E-state index contributed by atoms with van der Waals surface area (Å²) in [5, 5.41) is 0. The molecule has 590 valence electrons. The third kappa shape index (κ3) is 20.0. The first-order chi connectivity index (χ1) is 84.8. The van der Waals surface area contributed by atoms with Gasteiger partial charge in [-0.25, -0.2) is 24.9 Å². The lowest BCUT2D eigenvalue weighted by Crippen LogP contribution is -2.24. The summed E-state index contributed by atoms with van der Waals surface area (Å²) >= 11 is 0. The summed E-state index contributed by atoms with van der Waals surface area (Å²) in [5.74, 6) is -8.64. The van der Waals surface area contributed by atoms with Crippen LogP contribution in [0.3, 0.4) is 0 Å². The number of benzene rings is 5. The Kier molecular flexibility index (Phi) is 9.54. The molecule has 0 spiro atoms. The van der Waals surface area contributed by atoms with Crippen LogP contribution in [0.1, 0.15) is 184 Å². The highest BCUT2D eigenvalue weighted by molar-refractivity contribution is 5.85. The topological polar surface area (TPSA) is 188 Å². The lowest BCUT2D eigenvalue weighted by Gasteiger charge is -2.11. The van der Waals surface area contributed by atoms with Crippen molar-refractivity contribution >= 4 is 57.8 Å². The number of carbonyl (C=O) groups is 5. The maximum atomic E-state index is 13.3. The normalized spacial score (nSPS) is 23.2. The van der Waals surface area contributed by atoms with Gasteiger partial charge in [-0.15, -0.1) is 0 Å². The van der Waals surface area contributed by atoms with Gasteiger partial charge in [-0.2, -0.15) is 0 Å². The molecule has 20 heteroatoms. The summed E-state index contributed by atoms with van der Waals surface area (Å²) in [6.45, 7) is -42.1. The summed E-state index contributed by atoms with van der Waals surface area (Å²) in [4.78, 5) is 84.7. The van der Waals surface area contributed by atoms with Gasteiger partial charge < -0.3 is 46.5 Å². The minimum atomic E-state index is -3.60. The van der Waals surface area contributed by atoms with Gasteiger partial charge in [0.05, 0.1) is 120 Å². The van der Waals surface area contributed by atoms with E-state index in [-0.39, 0.29) is 83.7 Å². The van der Waals surface area contributed by atoms with Crippen molar-refractivity contribution in [3.05, 3.63) is 297 Å². The Morgan fingerprint density at radius 2 is 0.461 bits per heavy atom. The van der Waals surface area contributed by atoms with Gasteiger partial charge in [0.1, 0.15) is 28.2 Å². The highest BCUT2D eigenvalue weighted by atomic mass is 16.2. The molecule has 15 rings (SSSR count). The Morgan fingerprint density at radius 3 is 0.687 bits per heavy atom. The molecule has 0 aliphatic rings. The summed E-state index contributed by atoms with van der Waals surface area (Å²) in [7, 11) is 0. The van der Waals surface area contributed by atoms with Gasteiger partial charge in [-0.1, -0.05) is 179 Å². The average Bonchev–Trinajstić information content (AvgIpc) is 1.57. The van der Waals surface area contributed by atoms with E-state index in [1.54, 1.807) is 31.2 Å². The highest BCUT2D eigenvalue weighted by Crippen LogP contribution is 2.32. The molecule has 0 aliphatic carbocycles. The highest BCUT2D eigenvalue weighted by Gasteiger charge is 2.24. The van der Waals surface area contributed by atoms with Crippen LogP contribution in [-0.4, -0.2) is 171 Å². The first-order valence-electron chi connectivity index (χ1n) is 69.5. The van der Waals surface area contributed by atoms with E-state index in [0.717, 1.165) is 18.8 Å². The molecule has 10 heterocycles. The fourth-order valence-corrected chi connectivity index (χ4v) is 10.1. The van der Waals surface area contributed by atoms with Crippen LogP contribution in [0, 0.1) is 68.9 Å². The molecule has 20 nitrogen and oxygen atoms in total. The monoisotopic (exact) mass is 1610 g/mol. The van der Waals surface area contributed by atoms with E-state index in [9.17, 15) is 24.0 Å². The van der Waals surface area contributed by atoms with Crippen LogP contribution in [0.5, 0.6) is 0 Å². The van der Waals surface area contributed by atoms with Crippen LogP contribution in [0.25, 0.3) is 84.5 Å². The second-order valence-corrected chi connectivity index (χ2v) is 23.8. The number of carbonyl (C=O) groups excluding carboxylic acids is 5. The van der Waals surface area contributed by atoms with Crippen LogP contribution in [0.2, 0.25) is 0 Å². The molecule has 0 fully saturated rings. The van der Waals surface area contributed by atoms with Crippen LogP contribution < -0.4 is 0 Å². The third-order valence-electron chi connectivity index (χ3n) is 15.4. The molecule has 5 amide bonds. The summed E-state index contributed by atoms with van der Waals surface area (Å²) in [5.41, 5.74) is -10.2. The van der Waals surface area contributed by atoms with Crippen molar-refractivity contribution < 1.29 is 124 Å². The lowest BCUT2D eigenvalue weighted by molar-refractivity contribution is -0.128. The fraction of sp³-hybridized carbons (Fsp3) is 0.263. The van der Waals surface area contributed by atoms with Gasteiger partial charge in [0.25, 0.3) is 0 Å². The number of hydrogen-bond acceptors (Lipinski definition) is 10. The number of pyridine rings is 5. The molecule has 0 radical (unpaired) electrons. The lowest BCUT2D eigenvalue weighted by atomic mass is 10.1. The van der Waals surface area contributed by atoms with Crippen LogP contribution in [-0.2, 0) is 56.0 Å². The van der Waals surface area contributed by atoms with E-state index in [0.29, 0.717) is 8.80 Å². The second kappa shape index (κ2) is 36.2. The van der Waals surface area contributed by atoms with Crippen LogP contribution >= 0.6 is 0 Å². The van der Waals surface area contributed by atoms with Gasteiger partial charge in [-0.3, -0.25) is 24.0 Å². The standard InChI is InChI=1S/5C19H21N3O/c5*1-13-5-8-15(9-6-13)19-16(11-18(23)21(3)4)22-12-14(2)7-10-17(22)20-19/h5*5-10,12H,11H2,1-4H3/i2D3,3D3,4D3,5D,6D,7D,8D,9D,10D,11D,12D;3D3,4D3,5D,6D,7D,8D,9D,10D,11D,12D;1D3,2D3,3D3,4D3,7D,10D,11D,12D;2D3,3D3,4D3,7D,10D,11D,12D;1D3,3D3,4D3,7D,10D,11D,12D. The molecule has 115 heavy (non-hydrogen) atoms. The van der Waals surface area contributed by atoms with Gasteiger partial charge >= 0.3 is 0 Å². The summed E-state index contributed by atoms with van der Waals surface area (Å²) < 4.78 is 578. The maximum Gasteiger partial charge on any atom is 0.228 e. The molecule has 0 N–H and O–H groups in total. The zero-order chi connectivity index (χ0) is 145. The smallest absolute Gasteiger partial charge is 0.228 e. The van der Waals surface area contributed by atoms with Crippen molar-refractivity contribution in [1.82, 2.24) is 71.4 Å². The Bertz CT molecular complexity index is 9390. The number of aromatic nitrogens is 10. The average molecular weight is 1610 g/mol. The fourth-order valence-electron chi connectivity index (χ4n) is 10.1. The van der Waals surface area contributed by atoms with Crippen molar-refractivity contribution in [3.63, 3.8) is 0 Å². The quantitative estimate of drug-likeness (QED) is 0.0955. The molecule has 0 saturated carbocycles. The van der Waals surface area contributed by atoms with E-state index >= 15 is 0 Å². The van der Waals surface area contributed by atoms with Crippen molar-refractivity contribution in [3.8, 4) is 56.3 Å². The zero-order valence-electron chi connectivity index (χ0n) is 133. The number of rotatable bonds is 15. The number of imidazole rings is 5. The number of nitrogens with zero attached hydrogens (tertiary/aromatic N) is 15. The molecule has 5 unspecified atom stereocenters. The Hall–Kier alpha value is -13.1. The number of likely N-dealkylation sites (N-methyl/N-ethyl adjacent to an activating group) is 5. The van der Waals surface area contributed by atoms with Gasteiger partial charge in [0.15, 0.2) is 0 Å². The Balaban J connectivity index is 0.000000217. The molecule has 10 aromatic heterocycles. The van der Waals surface area contributed by atoms with E-state index in [4.69, 9.17) is 100 Å². The minimum absolute atomic E-state index is 0.00908.